The Morgan fingerprint density at radius 2 is 1.95 bits per heavy atom. The van der Waals surface area contributed by atoms with Crippen LogP contribution in [0.15, 0.2) is 18.2 Å². The van der Waals surface area contributed by atoms with Crippen molar-refractivity contribution in [2.45, 2.75) is 26.3 Å². The van der Waals surface area contributed by atoms with Crippen molar-refractivity contribution in [3.05, 3.63) is 23.8 Å². The highest BCUT2D eigenvalue weighted by Gasteiger charge is 2.15. The predicted octanol–water partition coefficient (Wildman–Crippen LogP) is 1.35. The number of rotatable bonds is 4. The minimum Gasteiger partial charge on any atom is -0.482 e. The normalized spacial score (nSPS) is 10.8. The quantitative estimate of drug-likeness (QED) is 0.641. The fourth-order valence-corrected chi connectivity index (χ4v) is 1.50. The minimum absolute atomic E-state index is 0.175. The summed E-state index contributed by atoms with van der Waals surface area (Å²) in [7, 11) is 1.29. The fourth-order valence-electron chi connectivity index (χ4n) is 1.50. The van der Waals surface area contributed by atoms with Crippen LogP contribution in [0, 0.1) is 0 Å². The van der Waals surface area contributed by atoms with Crippen molar-refractivity contribution in [2.24, 2.45) is 0 Å². The standard InChI is InChI=1S/C14H20N2O4/c1-14(2,3)16-12(17)8-20-11-7-9(13(18)19-4)5-6-10(11)15/h5-7H,8,15H2,1-4H3,(H,16,17). The first-order chi connectivity index (χ1) is 9.23. The van der Waals surface area contributed by atoms with Crippen LogP contribution in [-0.4, -0.2) is 31.1 Å². The molecule has 0 aliphatic carbocycles. The highest BCUT2D eigenvalue weighted by atomic mass is 16.5. The molecular formula is C14H20N2O4. The average Bonchev–Trinajstić information content (AvgIpc) is 2.34. The van der Waals surface area contributed by atoms with Crippen molar-refractivity contribution in [1.82, 2.24) is 5.32 Å². The van der Waals surface area contributed by atoms with Gasteiger partial charge in [0.15, 0.2) is 6.61 Å². The number of ether oxygens (including phenoxy) is 2. The lowest BCUT2D eigenvalue weighted by Gasteiger charge is -2.20. The van der Waals surface area contributed by atoms with E-state index >= 15 is 0 Å². The third-order valence-corrected chi connectivity index (χ3v) is 2.31. The van der Waals surface area contributed by atoms with Crippen molar-refractivity contribution in [3.8, 4) is 5.75 Å². The van der Waals surface area contributed by atoms with Crippen LogP contribution in [0.2, 0.25) is 0 Å². The maximum Gasteiger partial charge on any atom is 0.337 e. The van der Waals surface area contributed by atoms with Crippen LogP contribution in [0.3, 0.4) is 0 Å². The van der Waals surface area contributed by atoms with Crippen molar-refractivity contribution in [2.75, 3.05) is 19.5 Å². The molecule has 1 amide bonds. The molecule has 0 aliphatic heterocycles. The molecule has 1 aromatic rings. The Morgan fingerprint density at radius 1 is 1.30 bits per heavy atom. The van der Waals surface area contributed by atoms with Crippen molar-refractivity contribution < 1.29 is 19.1 Å². The van der Waals surface area contributed by atoms with Gasteiger partial charge in [0, 0.05) is 5.54 Å². The topological polar surface area (TPSA) is 90.7 Å². The highest BCUT2D eigenvalue weighted by Crippen LogP contribution is 2.23. The van der Waals surface area contributed by atoms with Gasteiger partial charge >= 0.3 is 5.97 Å². The molecule has 110 valence electrons. The molecule has 6 nitrogen and oxygen atoms in total. The number of anilines is 1. The van der Waals surface area contributed by atoms with Gasteiger partial charge in [-0.25, -0.2) is 4.79 Å². The summed E-state index contributed by atoms with van der Waals surface area (Å²) in [5, 5.41) is 2.76. The largest absolute Gasteiger partial charge is 0.482 e. The maximum absolute atomic E-state index is 11.6. The van der Waals surface area contributed by atoms with Gasteiger partial charge in [-0.3, -0.25) is 4.79 Å². The summed E-state index contributed by atoms with van der Waals surface area (Å²) in [4.78, 5) is 23.1. The number of benzene rings is 1. The number of carbonyl (C=O) groups excluding carboxylic acids is 2. The average molecular weight is 280 g/mol. The summed E-state index contributed by atoms with van der Waals surface area (Å²) in [6, 6.07) is 4.51. The van der Waals surface area contributed by atoms with E-state index in [1.807, 2.05) is 20.8 Å². The Labute approximate surface area is 118 Å². The SMILES string of the molecule is COC(=O)c1ccc(N)c(OCC(=O)NC(C)(C)C)c1. The molecule has 0 aromatic heterocycles. The highest BCUT2D eigenvalue weighted by molar-refractivity contribution is 5.90. The number of esters is 1. The molecule has 0 unspecified atom stereocenters. The molecular weight excluding hydrogens is 260 g/mol. The number of hydrogen-bond donors (Lipinski definition) is 2. The predicted molar refractivity (Wildman–Crippen MR) is 75.6 cm³/mol. The number of methoxy groups -OCH3 is 1. The number of nitrogen functional groups attached to an aromatic ring is 1. The Morgan fingerprint density at radius 3 is 2.50 bits per heavy atom. The summed E-state index contributed by atoms with van der Waals surface area (Å²) < 4.78 is 9.94. The summed E-state index contributed by atoms with van der Waals surface area (Å²) in [5.74, 6) is -0.480. The number of carbonyl (C=O) groups is 2. The van der Waals surface area contributed by atoms with E-state index in [1.54, 1.807) is 0 Å². The van der Waals surface area contributed by atoms with E-state index in [0.717, 1.165) is 0 Å². The Balaban J connectivity index is 2.72. The van der Waals surface area contributed by atoms with E-state index in [-0.39, 0.29) is 23.8 Å². The Bertz CT molecular complexity index is 506. The molecule has 0 atom stereocenters. The van der Waals surface area contributed by atoms with Gasteiger partial charge in [0.1, 0.15) is 5.75 Å². The number of amides is 1. The van der Waals surface area contributed by atoms with E-state index in [2.05, 4.69) is 10.1 Å². The van der Waals surface area contributed by atoms with Crippen LogP contribution in [-0.2, 0) is 9.53 Å². The molecule has 20 heavy (non-hydrogen) atoms. The van der Waals surface area contributed by atoms with Crippen LogP contribution in [0.5, 0.6) is 5.75 Å². The molecule has 0 radical (unpaired) electrons. The van der Waals surface area contributed by atoms with Gasteiger partial charge < -0.3 is 20.5 Å². The van der Waals surface area contributed by atoms with Crippen molar-refractivity contribution in [3.63, 3.8) is 0 Å². The number of nitrogens with one attached hydrogen (secondary N) is 1. The first-order valence-electron chi connectivity index (χ1n) is 6.14. The lowest BCUT2D eigenvalue weighted by Crippen LogP contribution is -2.43. The molecule has 0 aliphatic rings. The van der Waals surface area contributed by atoms with Crippen molar-refractivity contribution in [1.29, 1.82) is 0 Å². The summed E-state index contributed by atoms with van der Waals surface area (Å²) in [6.07, 6.45) is 0. The molecule has 0 saturated heterocycles. The third-order valence-electron chi connectivity index (χ3n) is 2.31. The summed E-state index contributed by atoms with van der Waals surface area (Å²) >= 11 is 0. The van der Waals surface area contributed by atoms with E-state index in [0.29, 0.717) is 11.3 Å². The van der Waals surface area contributed by atoms with Gasteiger partial charge in [0.05, 0.1) is 18.4 Å². The van der Waals surface area contributed by atoms with Crippen LogP contribution < -0.4 is 15.8 Å². The number of nitrogens with two attached hydrogens (primary N) is 1. The smallest absolute Gasteiger partial charge is 0.337 e. The molecule has 0 spiro atoms. The van der Waals surface area contributed by atoms with Gasteiger partial charge in [-0.2, -0.15) is 0 Å². The zero-order valence-electron chi connectivity index (χ0n) is 12.1. The van der Waals surface area contributed by atoms with Crippen LogP contribution in [0.25, 0.3) is 0 Å². The Hall–Kier alpha value is -2.24. The molecule has 0 bridgehead atoms. The summed E-state index contributed by atoms with van der Waals surface area (Å²) in [5.41, 5.74) is 6.06. The molecule has 3 N–H and O–H groups in total. The minimum atomic E-state index is -0.492. The monoisotopic (exact) mass is 280 g/mol. The first-order valence-corrected chi connectivity index (χ1v) is 6.14. The van der Waals surface area contributed by atoms with Crippen LogP contribution in [0.4, 0.5) is 5.69 Å². The van der Waals surface area contributed by atoms with E-state index in [9.17, 15) is 9.59 Å². The Kier molecular flexibility index (Phi) is 4.96. The molecule has 0 fully saturated rings. The maximum atomic E-state index is 11.6. The van der Waals surface area contributed by atoms with E-state index < -0.39 is 5.97 Å². The van der Waals surface area contributed by atoms with Crippen molar-refractivity contribution >= 4 is 17.6 Å². The van der Waals surface area contributed by atoms with Crippen LogP contribution in [0.1, 0.15) is 31.1 Å². The van der Waals surface area contributed by atoms with Gasteiger partial charge in [-0.05, 0) is 39.0 Å². The lowest BCUT2D eigenvalue weighted by atomic mass is 10.1. The van der Waals surface area contributed by atoms with E-state index in [4.69, 9.17) is 10.5 Å². The second kappa shape index (κ2) is 6.27. The number of hydrogen-bond acceptors (Lipinski definition) is 5. The zero-order valence-corrected chi connectivity index (χ0v) is 12.1. The third kappa shape index (κ3) is 4.79. The summed E-state index contributed by atoms with van der Waals surface area (Å²) in [6.45, 7) is 5.44. The lowest BCUT2D eigenvalue weighted by molar-refractivity contribution is -0.124. The molecule has 0 saturated carbocycles. The molecule has 1 aromatic carbocycles. The molecule has 1 rings (SSSR count). The first kappa shape index (κ1) is 15.8. The second-order valence-electron chi connectivity index (χ2n) is 5.33. The van der Waals surface area contributed by atoms with Gasteiger partial charge in [0.25, 0.3) is 5.91 Å². The van der Waals surface area contributed by atoms with E-state index in [1.165, 1.54) is 25.3 Å². The van der Waals surface area contributed by atoms with Gasteiger partial charge in [0.2, 0.25) is 0 Å². The van der Waals surface area contributed by atoms with Gasteiger partial charge in [-0.15, -0.1) is 0 Å². The molecule has 0 heterocycles. The van der Waals surface area contributed by atoms with Crippen LogP contribution >= 0.6 is 0 Å². The van der Waals surface area contributed by atoms with Gasteiger partial charge in [-0.1, -0.05) is 0 Å². The molecule has 6 heteroatoms. The fraction of sp³-hybridized carbons (Fsp3) is 0.429. The zero-order chi connectivity index (χ0) is 15.3. The second-order valence-corrected chi connectivity index (χ2v) is 5.33.